The maximum atomic E-state index is 12.4. The summed E-state index contributed by atoms with van der Waals surface area (Å²) < 4.78 is 2.14. The van der Waals surface area contributed by atoms with Gasteiger partial charge in [0.05, 0.1) is 5.75 Å². The predicted molar refractivity (Wildman–Crippen MR) is 119 cm³/mol. The van der Waals surface area contributed by atoms with Crippen LogP contribution in [0.1, 0.15) is 36.4 Å². The Morgan fingerprint density at radius 3 is 2.52 bits per heavy atom. The number of hydrogen-bond acceptors (Lipinski definition) is 4. The summed E-state index contributed by atoms with van der Waals surface area (Å²) in [5, 5.41) is 12.5. The molecule has 0 aliphatic rings. The fourth-order valence-corrected chi connectivity index (χ4v) is 3.80. The summed E-state index contributed by atoms with van der Waals surface area (Å²) in [5.74, 6) is 1.65. The number of benzene rings is 2. The molecule has 3 aromatic rings. The van der Waals surface area contributed by atoms with Crippen molar-refractivity contribution in [3.63, 3.8) is 0 Å². The summed E-state index contributed by atoms with van der Waals surface area (Å²) in [6, 6.07) is 16.2. The van der Waals surface area contributed by atoms with Crippen molar-refractivity contribution in [3.8, 4) is 0 Å². The van der Waals surface area contributed by atoms with Crippen LogP contribution in [0.2, 0.25) is 0 Å². The van der Waals surface area contributed by atoms with E-state index >= 15 is 0 Å². The number of nitrogens with zero attached hydrogens (tertiary/aromatic N) is 3. The molecule has 152 valence electrons. The first-order valence-corrected chi connectivity index (χ1v) is 10.9. The Kier molecular flexibility index (Phi) is 7.09. The summed E-state index contributed by atoms with van der Waals surface area (Å²) in [4.78, 5) is 12.4. The first kappa shape index (κ1) is 21.1. The fourth-order valence-electron chi connectivity index (χ4n) is 3.03. The molecule has 0 radical (unpaired) electrons. The Morgan fingerprint density at radius 1 is 1.07 bits per heavy atom. The van der Waals surface area contributed by atoms with Gasteiger partial charge in [0, 0.05) is 18.7 Å². The molecule has 0 saturated carbocycles. The Bertz CT molecular complexity index is 966. The first-order valence-electron chi connectivity index (χ1n) is 9.88. The molecule has 0 saturated heterocycles. The molecule has 0 aliphatic heterocycles. The zero-order valence-corrected chi connectivity index (χ0v) is 18.3. The van der Waals surface area contributed by atoms with Crippen LogP contribution in [0.5, 0.6) is 0 Å². The number of aryl methyl sites for hydroxylation is 2. The molecule has 0 spiro atoms. The van der Waals surface area contributed by atoms with Gasteiger partial charge in [-0.1, -0.05) is 62.0 Å². The van der Waals surface area contributed by atoms with Gasteiger partial charge in [-0.3, -0.25) is 4.79 Å². The van der Waals surface area contributed by atoms with Crippen molar-refractivity contribution in [1.82, 2.24) is 14.8 Å². The normalized spacial score (nSPS) is 11.1. The van der Waals surface area contributed by atoms with Gasteiger partial charge in [-0.2, -0.15) is 0 Å². The molecule has 1 amide bonds. The van der Waals surface area contributed by atoms with E-state index in [0.29, 0.717) is 11.7 Å². The standard InChI is InChI=1S/C23H28N4OS/c1-16(2)14-27-21(13-19-8-6-5-7-9-19)25-26-23(27)29-15-22(28)24-20-11-10-17(3)18(4)12-20/h5-12,16H,13-15H2,1-4H3,(H,24,28). The summed E-state index contributed by atoms with van der Waals surface area (Å²) >= 11 is 1.43. The highest BCUT2D eigenvalue weighted by molar-refractivity contribution is 7.99. The van der Waals surface area contributed by atoms with Gasteiger partial charge in [-0.15, -0.1) is 10.2 Å². The lowest BCUT2D eigenvalue weighted by Crippen LogP contribution is -2.15. The highest BCUT2D eigenvalue weighted by Crippen LogP contribution is 2.21. The Morgan fingerprint density at radius 2 is 1.83 bits per heavy atom. The largest absolute Gasteiger partial charge is 0.325 e. The van der Waals surface area contributed by atoms with Crippen molar-refractivity contribution < 1.29 is 4.79 Å². The molecular formula is C23H28N4OS. The van der Waals surface area contributed by atoms with E-state index in [1.807, 2.05) is 43.3 Å². The fraction of sp³-hybridized carbons (Fsp3) is 0.348. The molecule has 0 fully saturated rings. The zero-order valence-electron chi connectivity index (χ0n) is 17.5. The molecule has 2 aromatic carbocycles. The van der Waals surface area contributed by atoms with Crippen LogP contribution in [0.15, 0.2) is 53.7 Å². The van der Waals surface area contributed by atoms with Crippen LogP contribution in [0.4, 0.5) is 5.69 Å². The van der Waals surface area contributed by atoms with Crippen LogP contribution >= 0.6 is 11.8 Å². The maximum Gasteiger partial charge on any atom is 0.234 e. The number of carbonyl (C=O) groups excluding carboxylic acids is 1. The third-order valence-electron chi connectivity index (χ3n) is 4.67. The van der Waals surface area contributed by atoms with Crippen molar-refractivity contribution >= 4 is 23.4 Å². The second-order valence-corrected chi connectivity index (χ2v) is 8.64. The van der Waals surface area contributed by atoms with Crippen molar-refractivity contribution in [3.05, 3.63) is 71.0 Å². The van der Waals surface area contributed by atoms with E-state index in [1.54, 1.807) is 0 Å². The monoisotopic (exact) mass is 408 g/mol. The Balaban J connectivity index is 1.67. The molecule has 3 rings (SSSR count). The molecule has 0 aliphatic carbocycles. The van der Waals surface area contributed by atoms with Crippen LogP contribution in [0.25, 0.3) is 0 Å². The molecule has 1 heterocycles. The van der Waals surface area contributed by atoms with Crippen molar-refractivity contribution in [2.75, 3.05) is 11.1 Å². The predicted octanol–water partition coefficient (Wildman–Crippen LogP) is 4.87. The summed E-state index contributed by atoms with van der Waals surface area (Å²) in [6.45, 7) is 9.28. The van der Waals surface area contributed by atoms with Crippen LogP contribution in [0.3, 0.4) is 0 Å². The number of amides is 1. The molecule has 1 aromatic heterocycles. The van der Waals surface area contributed by atoms with Gasteiger partial charge in [0.1, 0.15) is 5.82 Å². The summed E-state index contributed by atoms with van der Waals surface area (Å²) in [6.07, 6.45) is 0.732. The molecule has 29 heavy (non-hydrogen) atoms. The average molecular weight is 409 g/mol. The van der Waals surface area contributed by atoms with Gasteiger partial charge in [-0.25, -0.2) is 0 Å². The van der Waals surface area contributed by atoms with Crippen LogP contribution in [0, 0.1) is 19.8 Å². The lowest BCUT2D eigenvalue weighted by Gasteiger charge is -2.13. The smallest absolute Gasteiger partial charge is 0.234 e. The zero-order chi connectivity index (χ0) is 20.8. The minimum Gasteiger partial charge on any atom is -0.325 e. The highest BCUT2D eigenvalue weighted by Gasteiger charge is 2.16. The van der Waals surface area contributed by atoms with Crippen molar-refractivity contribution in [2.45, 2.75) is 45.8 Å². The van der Waals surface area contributed by atoms with Gasteiger partial charge < -0.3 is 9.88 Å². The Hall–Kier alpha value is -2.60. The van der Waals surface area contributed by atoms with Gasteiger partial charge in [0.25, 0.3) is 0 Å². The summed E-state index contributed by atoms with van der Waals surface area (Å²) in [5.41, 5.74) is 4.41. The number of thioether (sulfide) groups is 1. The quantitative estimate of drug-likeness (QED) is 0.540. The number of nitrogens with one attached hydrogen (secondary N) is 1. The van der Waals surface area contributed by atoms with Crippen molar-refractivity contribution in [1.29, 1.82) is 0 Å². The second-order valence-electron chi connectivity index (χ2n) is 7.70. The molecule has 0 atom stereocenters. The average Bonchev–Trinajstić information content (AvgIpc) is 3.05. The molecule has 0 unspecified atom stereocenters. The summed E-state index contributed by atoms with van der Waals surface area (Å²) in [7, 11) is 0. The van der Waals surface area contributed by atoms with Gasteiger partial charge in [-0.05, 0) is 48.6 Å². The SMILES string of the molecule is Cc1ccc(NC(=O)CSc2nnc(Cc3ccccc3)n2CC(C)C)cc1C. The topological polar surface area (TPSA) is 59.8 Å². The minimum absolute atomic E-state index is 0.0399. The highest BCUT2D eigenvalue weighted by atomic mass is 32.2. The number of rotatable bonds is 8. The van der Waals surface area contributed by atoms with E-state index < -0.39 is 0 Å². The van der Waals surface area contributed by atoms with E-state index in [1.165, 1.54) is 22.9 Å². The van der Waals surface area contributed by atoms with E-state index in [4.69, 9.17) is 0 Å². The molecule has 6 heteroatoms. The third kappa shape index (κ3) is 5.94. The second kappa shape index (κ2) is 9.74. The lowest BCUT2D eigenvalue weighted by atomic mass is 10.1. The maximum absolute atomic E-state index is 12.4. The number of anilines is 1. The number of aromatic nitrogens is 3. The number of carbonyl (C=O) groups is 1. The lowest BCUT2D eigenvalue weighted by molar-refractivity contribution is -0.113. The van der Waals surface area contributed by atoms with E-state index in [2.05, 4.69) is 53.0 Å². The first-order chi connectivity index (χ1) is 13.9. The van der Waals surface area contributed by atoms with Gasteiger partial charge in [0.2, 0.25) is 5.91 Å². The third-order valence-corrected chi connectivity index (χ3v) is 5.64. The number of hydrogen-bond donors (Lipinski definition) is 1. The van der Waals surface area contributed by atoms with Crippen LogP contribution in [-0.2, 0) is 17.8 Å². The molecular weight excluding hydrogens is 380 g/mol. The minimum atomic E-state index is -0.0399. The van der Waals surface area contributed by atoms with E-state index in [0.717, 1.165) is 35.2 Å². The van der Waals surface area contributed by atoms with Crippen molar-refractivity contribution in [2.24, 2.45) is 5.92 Å². The Labute approximate surface area is 176 Å². The van der Waals surface area contributed by atoms with Crippen LogP contribution in [-0.4, -0.2) is 26.4 Å². The van der Waals surface area contributed by atoms with E-state index in [-0.39, 0.29) is 5.91 Å². The molecule has 1 N–H and O–H groups in total. The van der Waals surface area contributed by atoms with Gasteiger partial charge in [0.15, 0.2) is 5.16 Å². The van der Waals surface area contributed by atoms with E-state index in [9.17, 15) is 4.79 Å². The van der Waals surface area contributed by atoms with Crippen LogP contribution < -0.4 is 5.32 Å². The molecule has 5 nitrogen and oxygen atoms in total. The van der Waals surface area contributed by atoms with Gasteiger partial charge >= 0.3 is 0 Å². The molecule has 0 bridgehead atoms.